The zero-order valence-electron chi connectivity index (χ0n) is 21.4. The van der Waals surface area contributed by atoms with Crippen LogP contribution in [-0.4, -0.2) is 68.8 Å². The first-order valence-electron chi connectivity index (χ1n) is 12.8. The van der Waals surface area contributed by atoms with Gasteiger partial charge in [-0.05, 0) is 61.1 Å². The third kappa shape index (κ3) is 5.03. The van der Waals surface area contributed by atoms with E-state index in [2.05, 4.69) is 31.5 Å². The molecular formula is C27H34N6O4. The normalized spacial score (nSPS) is 18.0. The van der Waals surface area contributed by atoms with Gasteiger partial charge in [0.1, 0.15) is 5.65 Å². The number of aromatic nitrogens is 2. The first kappa shape index (κ1) is 25.2. The molecule has 0 radical (unpaired) electrons. The van der Waals surface area contributed by atoms with Crippen molar-refractivity contribution in [1.29, 1.82) is 0 Å². The Morgan fingerprint density at radius 1 is 1.14 bits per heavy atom. The van der Waals surface area contributed by atoms with Crippen molar-refractivity contribution in [3.05, 3.63) is 70.0 Å². The minimum absolute atomic E-state index is 0.161. The van der Waals surface area contributed by atoms with Crippen LogP contribution >= 0.6 is 0 Å². The van der Waals surface area contributed by atoms with Crippen LogP contribution in [0.1, 0.15) is 49.0 Å². The van der Waals surface area contributed by atoms with E-state index in [1.54, 1.807) is 31.5 Å². The number of fused-ring (bicyclic) bond motifs is 1. The molecule has 2 fully saturated rings. The predicted molar refractivity (Wildman–Crippen MR) is 141 cm³/mol. The van der Waals surface area contributed by atoms with Crippen molar-refractivity contribution in [2.24, 2.45) is 5.41 Å². The maximum absolute atomic E-state index is 11.6. The molecule has 4 heterocycles. The van der Waals surface area contributed by atoms with E-state index in [1.165, 1.54) is 5.69 Å². The lowest BCUT2D eigenvalue weighted by molar-refractivity contribution is -0.560. The molecule has 10 nitrogen and oxygen atoms in total. The highest BCUT2D eigenvalue weighted by atomic mass is 16.6. The average molecular weight is 507 g/mol. The molecule has 2 N–H and O–H groups in total. The van der Waals surface area contributed by atoms with E-state index in [9.17, 15) is 14.9 Å². The summed E-state index contributed by atoms with van der Waals surface area (Å²) in [7, 11) is 0. The van der Waals surface area contributed by atoms with Crippen LogP contribution in [-0.2, 0) is 6.54 Å². The van der Waals surface area contributed by atoms with Gasteiger partial charge in [-0.3, -0.25) is 25.0 Å². The minimum Gasteiger partial charge on any atom is -0.371 e. The van der Waals surface area contributed by atoms with E-state index in [0.717, 1.165) is 62.0 Å². The van der Waals surface area contributed by atoms with Crippen molar-refractivity contribution in [1.82, 2.24) is 19.9 Å². The molecule has 3 aromatic rings. The maximum Gasteiger partial charge on any atom is 0.274 e. The van der Waals surface area contributed by atoms with Crippen molar-refractivity contribution in [3.8, 4) is 0 Å². The zero-order chi connectivity index (χ0) is 26.2. The molecule has 37 heavy (non-hydrogen) atoms. The molecule has 0 unspecified atom stereocenters. The lowest BCUT2D eigenvalue weighted by atomic mass is 9.77. The molecule has 0 atom stereocenters. The fourth-order valence-corrected chi connectivity index (χ4v) is 5.90. The van der Waals surface area contributed by atoms with Gasteiger partial charge in [-0.15, -0.1) is 0 Å². The third-order valence-corrected chi connectivity index (χ3v) is 8.10. The number of nitrogens with zero attached hydrogens (tertiary/aromatic N) is 5. The largest absolute Gasteiger partial charge is 0.371 e. The molecule has 0 bridgehead atoms. The highest BCUT2D eigenvalue weighted by molar-refractivity contribution is 5.93. The molecule has 2 aliphatic rings. The lowest BCUT2D eigenvalue weighted by Gasteiger charge is -2.40. The van der Waals surface area contributed by atoms with E-state index < -0.39 is 11.4 Å². The summed E-state index contributed by atoms with van der Waals surface area (Å²) >= 11 is 0. The SMILES string of the molecule is CC(C)(CN1CCC2(CCN(c3ccnc4c3ccn4Cc3ccc(C(=O)NO)cc3)CC2)C1)[N+](=O)[O-]. The molecular weight excluding hydrogens is 472 g/mol. The number of hydroxylamine groups is 1. The number of carbonyl (C=O) groups is 1. The number of pyridine rings is 1. The number of amides is 1. The molecule has 0 aliphatic carbocycles. The van der Waals surface area contributed by atoms with E-state index in [0.29, 0.717) is 18.7 Å². The standard InChI is InChI=1S/C27H34N6O4/c1-26(2,33(36)37)18-30-14-9-27(19-30)10-15-31(16-11-27)23-7-12-28-24-22(23)8-13-32(24)17-20-3-5-21(6-4-20)25(34)29-35/h3-8,12-13,35H,9-11,14-19H2,1-2H3,(H,29,34). The number of rotatable bonds is 7. The second kappa shape index (κ2) is 9.75. The quantitative estimate of drug-likeness (QED) is 0.286. The summed E-state index contributed by atoms with van der Waals surface area (Å²) < 4.78 is 2.11. The molecule has 10 heteroatoms. The van der Waals surface area contributed by atoms with Gasteiger partial charge in [0, 0.05) is 74.0 Å². The van der Waals surface area contributed by atoms with Gasteiger partial charge < -0.3 is 9.47 Å². The number of piperidine rings is 1. The Hall–Kier alpha value is -3.50. The fourth-order valence-electron chi connectivity index (χ4n) is 5.90. The predicted octanol–water partition coefficient (Wildman–Crippen LogP) is 3.55. The monoisotopic (exact) mass is 506 g/mol. The second-order valence-corrected chi connectivity index (χ2v) is 11.2. The van der Waals surface area contributed by atoms with Gasteiger partial charge in [0.15, 0.2) is 0 Å². The van der Waals surface area contributed by atoms with Crippen molar-refractivity contribution in [2.45, 2.75) is 45.2 Å². The Labute approximate surface area is 216 Å². The van der Waals surface area contributed by atoms with Crippen molar-refractivity contribution >= 4 is 22.6 Å². The van der Waals surface area contributed by atoms with Gasteiger partial charge in [-0.25, -0.2) is 10.5 Å². The van der Waals surface area contributed by atoms with Gasteiger partial charge >= 0.3 is 0 Å². The van der Waals surface area contributed by atoms with Gasteiger partial charge in [0.25, 0.3) is 5.91 Å². The molecule has 196 valence electrons. The van der Waals surface area contributed by atoms with Gasteiger partial charge in [0.05, 0.1) is 6.54 Å². The molecule has 2 saturated heterocycles. The highest BCUT2D eigenvalue weighted by Crippen LogP contribution is 2.42. The van der Waals surface area contributed by atoms with Crippen LogP contribution in [0.25, 0.3) is 11.0 Å². The average Bonchev–Trinajstić information content (AvgIpc) is 3.48. The number of nitro groups is 1. The van der Waals surface area contributed by atoms with Gasteiger partial charge in [0.2, 0.25) is 5.54 Å². The van der Waals surface area contributed by atoms with Gasteiger partial charge in [-0.2, -0.15) is 0 Å². The number of likely N-dealkylation sites (tertiary alicyclic amines) is 1. The van der Waals surface area contributed by atoms with Crippen molar-refractivity contribution in [3.63, 3.8) is 0 Å². The summed E-state index contributed by atoms with van der Waals surface area (Å²) in [6.45, 7) is 8.36. The summed E-state index contributed by atoms with van der Waals surface area (Å²) in [5.74, 6) is -0.529. The molecule has 1 amide bonds. The summed E-state index contributed by atoms with van der Waals surface area (Å²) in [5, 5.41) is 21.3. The van der Waals surface area contributed by atoms with Crippen LogP contribution in [0.5, 0.6) is 0 Å². The van der Waals surface area contributed by atoms with Gasteiger partial charge in [-0.1, -0.05) is 12.1 Å². The van der Waals surface area contributed by atoms with E-state index in [1.807, 2.05) is 24.5 Å². The summed E-state index contributed by atoms with van der Waals surface area (Å²) in [6, 6.07) is 11.3. The van der Waals surface area contributed by atoms with E-state index in [4.69, 9.17) is 5.21 Å². The smallest absolute Gasteiger partial charge is 0.274 e. The number of nitrogens with one attached hydrogen (secondary N) is 1. The second-order valence-electron chi connectivity index (χ2n) is 11.2. The van der Waals surface area contributed by atoms with E-state index in [-0.39, 0.29) is 10.3 Å². The van der Waals surface area contributed by atoms with Crippen LogP contribution in [0.2, 0.25) is 0 Å². The first-order valence-corrected chi connectivity index (χ1v) is 12.8. The third-order valence-electron chi connectivity index (χ3n) is 8.10. The van der Waals surface area contributed by atoms with Crippen molar-refractivity contribution < 1.29 is 14.9 Å². The minimum atomic E-state index is -0.919. The van der Waals surface area contributed by atoms with E-state index >= 15 is 0 Å². The molecule has 2 aliphatic heterocycles. The molecule has 0 saturated carbocycles. The Bertz CT molecular complexity index is 1290. The number of carbonyl (C=O) groups excluding carboxylic acids is 1. The Morgan fingerprint density at radius 2 is 1.84 bits per heavy atom. The summed E-state index contributed by atoms with van der Waals surface area (Å²) in [5.41, 5.74) is 4.53. The highest BCUT2D eigenvalue weighted by Gasteiger charge is 2.44. The topological polar surface area (TPSA) is 117 Å². The number of hydrogen-bond donors (Lipinski definition) is 2. The number of anilines is 1. The molecule has 1 aromatic carbocycles. The van der Waals surface area contributed by atoms with Crippen LogP contribution in [0.3, 0.4) is 0 Å². The summed E-state index contributed by atoms with van der Waals surface area (Å²) in [4.78, 5) is 32.2. The Morgan fingerprint density at radius 3 is 2.51 bits per heavy atom. The number of hydrogen-bond acceptors (Lipinski definition) is 7. The van der Waals surface area contributed by atoms with Crippen molar-refractivity contribution in [2.75, 3.05) is 37.6 Å². The molecule has 5 rings (SSSR count). The lowest BCUT2D eigenvalue weighted by Crippen LogP contribution is -2.46. The maximum atomic E-state index is 11.6. The molecule has 2 aromatic heterocycles. The first-order chi connectivity index (χ1) is 17.7. The zero-order valence-corrected chi connectivity index (χ0v) is 21.4. The molecule has 1 spiro atoms. The van der Waals surface area contributed by atoms with Crippen LogP contribution in [0, 0.1) is 15.5 Å². The van der Waals surface area contributed by atoms with Crippen LogP contribution in [0.4, 0.5) is 5.69 Å². The Balaban J connectivity index is 1.26. The van der Waals surface area contributed by atoms with Crippen LogP contribution in [0.15, 0.2) is 48.8 Å². The Kier molecular flexibility index (Phi) is 6.63. The summed E-state index contributed by atoms with van der Waals surface area (Å²) in [6.07, 6.45) is 7.19. The number of benzene rings is 1. The van der Waals surface area contributed by atoms with Crippen LogP contribution < -0.4 is 10.4 Å². The fraction of sp³-hybridized carbons (Fsp3) is 0.481.